The summed E-state index contributed by atoms with van der Waals surface area (Å²) >= 11 is 0. The van der Waals surface area contributed by atoms with E-state index in [9.17, 15) is 0 Å². The lowest BCUT2D eigenvalue weighted by atomic mass is 10.1. The third-order valence-electron chi connectivity index (χ3n) is 5.93. The van der Waals surface area contributed by atoms with Gasteiger partial charge >= 0.3 is 0 Å². The fraction of sp³-hybridized carbons (Fsp3) is 0.348. The molecule has 0 radical (unpaired) electrons. The quantitative estimate of drug-likeness (QED) is 0.553. The number of ether oxygens (including phenoxy) is 1. The highest BCUT2D eigenvalue weighted by atomic mass is 16.5. The molecule has 0 unspecified atom stereocenters. The van der Waals surface area contributed by atoms with Crippen molar-refractivity contribution in [3.05, 3.63) is 55.2 Å². The molecule has 7 nitrogen and oxygen atoms in total. The monoisotopic (exact) mass is 400 g/mol. The first-order chi connectivity index (χ1) is 14.8. The van der Waals surface area contributed by atoms with E-state index >= 15 is 0 Å². The lowest BCUT2D eigenvalue weighted by Crippen LogP contribution is -2.37. The van der Waals surface area contributed by atoms with Gasteiger partial charge in [-0.25, -0.2) is 4.98 Å². The summed E-state index contributed by atoms with van der Waals surface area (Å²) in [5.41, 5.74) is 4.07. The number of nitrogens with zero attached hydrogens (tertiary/aromatic N) is 5. The smallest absolute Gasteiger partial charge is 0.233 e. The van der Waals surface area contributed by atoms with Crippen LogP contribution >= 0.6 is 0 Å². The Morgan fingerprint density at radius 2 is 1.97 bits per heavy atom. The van der Waals surface area contributed by atoms with Gasteiger partial charge in [0.2, 0.25) is 5.88 Å². The van der Waals surface area contributed by atoms with Crippen LogP contribution in [0.4, 0.5) is 0 Å². The van der Waals surface area contributed by atoms with Gasteiger partial charge < -0.3 is 14.6 Å². The maximum Gasteiger partial charge on any atom is 0.233 e. The summed E-state index contributed by atoms with van der Waals surface area (Å²) in [6.07, 6.45) is 14.5. The lowest BCUT2D eigenvalue weighted by Gasteiger charge is -2.23. The number of hydrogen-bond acceptors (Lipinski definition) is 5. The minimum atomic E-state index is 0.151. The zero-order valence-corrected chi connectivity index (χ0v) is 16.7. The number of fused-ring (bicyclic) bond motifs is 1. The molecule has 152 valence electrons. The molecule has 1 aromatic carbocycles. The largest absolute Gasteiger partial charge is 0.472 e. The first-order valence-electron chi connectivity index (χ1n) is 10.7. The molecule has 0 amide bonds. The van der Waals surface area contributed by atoms with Crippen LogP contribution in [-0.4, -0.2) is 43.5 Å². The molecule has 4 aromatic rings. The molecule has 2 aliphatic rings. The van der Waals surface area contributed by atoms with Gasteiger partial charge in [-0.05, 0) is 38.3 Å². The fourth-order valence-corrected chi connectivity index (χ4v) is 4.21. The Kier molecular flexibility index (Phi) is 4.27. The summed E-state index contributed by atoms with van der Waals surface area (Å²) in [5.74, 6) is 0.583. The van der Waals surface area contributed by atoms with Crippen molar-refractivity contribution in [2.75, 3.05) is 13.1 Å². The van der Waals surface area contributed by atoms with E-state index in [4.69, 9.17) is 9.72 Å². The molecule has 7 heteroatoms. The van der Waals surface area contributed by atoms with E-state index in [1.54, 1.807) is 6.20 Å². The standard InChI is InChI=1S/C23H24N6O/c1-2-6-22-19(5-1)20(15-28(22)17-10-26-29(14-17)16-7-8-16)21-12-25-13-23(27-21)30-18-4-3-9-24-11-18/h1-2,5-6,10,12-16,18,24H,3-4,7-9,11H2/t18-/m1/s1. The fourth-order valence-electron chi connectivity index (χ4n) is 4.21. The predicted molar refractivity (Wildman–Crippen MR) is 115 cm³/mol. The van der Waals surface area contributed by atoms with E-state index in [2.05, 4.69) is 61.3 Å². The number of nitrogens with one attached hydrogen (secondary N) is 1. The molecule has 0 bridgehead atoms. The van der Waals surface area contributed by atoms with Gasteiger partial charge in [-0.15, -0.1) is 0 Å². The van der Waals surface area contributed by atoms with Gasteiger partial charge in [-0.3, -0.25) is 9.67 Å². The molecule has 1 N–H and O–H groups in total. The molecule has 30 heavy (non-hydrogen) atoms. The Balaban J connectivity index is 1.38. The molecular weight excluding hydrogens is 376 g/mol. The molecule has 1 atom stereocenters. The van der Waals surface area contributed by atoms with Crippen molar-refractivity contribution < 1.29 is 4.74 Å². The van der Waals surface area contributed by atoms with Gasteiger partial charge in [0.1, 0.15) is 6.10 Å². The molecule has 3 aromatic heterocycles. The highest BCUT2D eigenvalue weighted by molar-refractivity contribution is 5.96. The van der Waals surface area contributed by atoms with E-state index in [0.29, 0.717) is 11.9 Å². The summed E-state index contributed by atoms with van der Waals surface area (Å²) in [6.45, 7) is 1.92. The molecule has 1 aliphatic carbocycles. The van der Waals surface area contributed by atoms with Gasteiger partial charge in [0.05, 0.1) is 41.5 Å². The Labute approximate surface area is 174 Å². The Hall–Kier alpha value is -3.19. The van der Waals surface area contributed by atoms with Crippen molar-refractivity contribution in [3.63, 3.8) is 0 Å². The van der Waals surface area contributed by atoms with Crippen LogP contribution in [0.25, 0.3) is 27.8 Å². The topological polar surface area (TPSA) is 69.8 Å². The zero-order valence-electron chi connectivity index (χ0n) is 16.7. The van der Waals surface area contributed by atoms with Crippen LogP contribution in [0, 0.1) is 0 Å². The number of hydrogen-bond donors (Lipinski definition) is 1. The molecule has 1 saturated carbocycles. The summed E-state index contributed by atoms with van der Waals surface area (Å²) in [4.78, 5) is 9.21. The van der Waals surface area contributed by atoms with Crippen LogP contribution in [0.15, 0.2) is 55.2 Å². The molecule has 1 aliphatic heterocycles. The van der Waals surface area contributed by atoms with Crippen molar-refractivity contribution >= 4 is 10.9 Å². The van der Waals surface area contributed by atoms with Crippen molar-refractivity contribution in [1.82, 2.24) is 29.6 Å². The van der Waals surface area contributed by atoms with E-state index in [0.717, 1.165) is 53.8 Å². The summed E-state index contributed by atoms with van der Waals surface area (Å²) in [7, 11) is 0. The van der Waals surface area contributed by atoms with Crippen LogP contribution in [0.1, 0.15) is 31.7 Å². The van der Waals surface area contributed by atoms with E-state index in [1.165, 1.54) is 12.8 Å². The Bertz CT molecular complexity index is 1190. The minimum Gasteiger partial charge on any atom is -0.472 e. The third kappa shape index (κ3) is 3.25. The second kappa shape index (κ2) is 7.25. The number of piperidine rings is 1. The molecule has 1 saturated heterocycles. The number of para-hydroxylation sites is 1. The van der Waals surface area contributed by atoms with Crippen LogP contribution in [0.5, 0.6) is 5.88 Å². The second-order valence-corrected chi connectivity index (χ2v) is 8.17. The summed E-state index contributed by atoms with van der Waals surface area (Å²) < 4.78 is 10.4. The van der Waals surface area contributed by atoms with Crippen molar-refractivity contribution in [2.24, 2.45) is 0 Å². The van der Waals surface area contributed by atoms with Gasteiger partial charge in [0.15, 0.2) is 0 Å². The van der Waals surface area contributed by atoms with Gasteiger partial charge in [0, 0.05) is 29.9 Å². The first kappa shape index (κ1) is 17.7. The molecule has 2 fully saturated rings. The second-order valence-electron chi connectivity index (χ2n) is 8.17. The lowest BCUT2D eigenvalue weighted by molar-refractivity contribution is 0.160. The predicted octanol–water partition coefficient (Wildman–Crippen LogP) is 3.75. The average Bonchev–Trinajstić information content (AvgIpc) is 3.39. The van der Waals surface area contributed by atoms with Crippen LogP contribution in [0.2, 0.25) is 0 Å². The molecule has 6 rings (SSSR count). The SMILES string of the molecule is c1ccc2c(c1)c(-c1cncc(O[C@@H]3CCCNC3)n1)cn2-c1cnn(C2CC2)c1. The van der Waals surface area contributed by atoms with Crippen LogP contribution < -0.4 is 10.1 Å². The minimum absolute atomic E-state index is 0.151. The normalized spacial score (nSPS) is 19.3. The van der Waals surface area contributed by atoms with Gasteiger partial charge in [-0.2, -0.15) is 5.10 Å². The van der Waals surface area contributed by atoms with E-state index in [1.807, 2.05) is 12.4 Å². The van der Waals surface area contributed by atoms with Gasteiger partial charge in [-0.1, -0.05) is 18.2 Å². The highest BCUT2D eigenvalue weighted by Gasteiger charge is 2.25. The Morgan fingerprint density at radius 3 is 2.83 bits per heavy atom. The number of benzene rings is 1. The van der Waals surface area contributed by atoms with Gasteiger partial charge in [0.25, 0.3) is 0 Å². The van der Waals surface area contributed by atoms with E-state index in [-0.39, 0.29) is 6.10 Å². The number of aromatic nitrogens is 5. The molecule has 0 spiro atoms. The Morgan fingerprint density at radius 1 is 1.03 bits per heavy atom. The molecule has 4 heterocycles. The highest BCUT2D eigenvalue weighted by Crippen LogP contribution is 2.36. The average molecular weight is 400 g/mol. The van der Waals surface area contributed by atoms with E-state index < -0.39 is 0 Å². The summed E-state index contributed by atoms with van der Waals surface area (Å²) in [5, 5.41) is 9.08. The van der Waals surface area contributed by atoms with Crippen molar-refractivity contribution in [1.29, 1.82) is 0 Å². The zero-order chi connectivity index (χ0) is 19.9. The summed E-state index contributed by atoms with van der Waals surface area (Å²) in [6, 6.07) is 8.95. The maximum atomic E-state index is 6.10. The van der Waals surface area contributed by atoms with Crippen LogP contribution in [-0.2, 0) is 0 Å². The van der Waals surface area contributed by atoms with Crippen LogP contribution in [0.3, 0.4) is 0 Å². The first-order valence-corrected chi connectivity index (χ1v) is 10.7. The number of rotatable bonds is 5. The third-order valence-corrected chi connectivity index (χ3v) is 5.93. The van der Waals surface area contributed by atoms with Crippen molar-refractivity contribution in [3.8, 4) is 22.8 Å². The van der Waals surface area contributed by atoms with Crippen molar-refractivity contribution in [2.45, 2.75) is 37.8 Å². The maximum absolute atomic E-state index is 6.10. The molecular formula is C23H24N6O.